The molecule has 0 saturated heterocycles. The zero-order valence-corrected chi connectivity index (χ0v) is 14.2. The number of rotatable bonds is 4. The van der Waals surface area contributed by atoms with Crippen LogP contribution in [0.15, 0.2) is 58.5 Å². The lowest BCUT2D eigenvalue weighted by atomic mass is 9.91. The molecule has 25 heavy (non-hydrogen) atoms. The normalized spacial score (nSPS) is 13.0. The molecular weight excluding hydrogens is 312 g/mol. The van der Waals surface area contributed by atoms with Crippen molar-refractivity contribution in [3.05, 3.63) is 65.2 Å². The van der Waals surface area contributed by atoms with E-state index in [1.54, 1.807) is 6.08 Å². The minimum atomic E-state index is -0.401. The Hall–Kier alpha value is -2.97. The Morgan fingerprint density at radius 1 is 1.08 bits per heavy atom. The maximum absolute atomic E-state index is 11.2. The molecule has 0 amide bonds. The van der Waals surface area contributed by atoms with E-state index in [0.717, 1.165) is 24.1 Å². The van der Waals surface area contributed by atoms with Crippen molar-refractivity contribution in [2.75, 3.05) is 7.11 Å². The lowest BCUT2D eigenvalue weighted by molar-refractivity contribution is -0.134. The number of para-hydroxylation sites is 1. The van der Waals surface area contributed by atoms with Crippen molar-refractivity contribution in [1.82, 2.24) is 0 Å². The number of nitrogens with zero attached hydrogens (tertiary/aromatic N) is 2. The molecule has 0 aromatic heterocycles. The van der Waals surface area contributed by atoms with E-state index in [-0.39, 0.29) is 0 Å². The smallest absolute Gasteiger partial charge is 0.330 e. The van der Waals surface area contributed by atoms with Crippen LogP contribution in [0.25, 0.3) is 6.08 Å². The van der Waals surface area contributed by atoms with E-state index in [9.17, 15) is 4.79 Å². The molecular formula is C21H20N2O2. The molecule has 0 N–H and O–H groups in total. The number of hydrogen-bond acceptors (Lipinski definition) is 4. The number of carbonyl (C=O) groups is 1. The summed E-state index contributed by atoms with van der Waals surface area (Å²) in [6.07, 6.45) is 7.84. The Morgan fingerprint density at radius 3 is 2.72 bits per heavy atom. The van der Waals surface area contributed by atoms with Crippen LogP contribution in [0.1, 0.15) is 29.5 Å². The van der Waals surface area contributed by atoms with E-state index in [1.807, 2.05) is 30.3 Å². The molecule has 2 aromatic carbocycles. The van der Waals surface area contributed by atoms with Crippen molar-refractivity contribution < 1.29 is 9.53 Å². The Labute approximate surface area is 147 Å². The molecule has 4 heteroatoms. The van der Waals surface area contributed by atoms with Crippen LogP contribution in [-0.2, 0) is 22.4 Å². The van der Waals surface area contributed by atoms with Crippen LogP contribution in [0.4, 0.5) is 11.4 Å². The number of carbonyl (C=O) groups excluding carboxylic acids is 1. The fraction of sp³-hybridized carbons (Fsp3) is 0.238. The predicted octanol–water partition coefficient (Wildman–Crippen LogP) is 4.89. The zero-order valence-electron chi connectivity index (χ0n) is 14.2. The summed E-state index contributed by atoms with van der Waals surface area (Å²) >= 11 is 0. The van der Waals surface area contributed by atoms with Gasteiger partial charge in [-0.1, -0.05) is 24.3 Å². The minimum Gasteiger partial charge on any atom is -0.466 e. The molecule has 0 atom stereocenters. The molecule has 0 saturated carbocycles. The molecule has 0 aliphatic heterocycles. The summed E-state index contributed by atoms with van der Waals surface area (Å²) in [7, 11) is 1.35. The van der Waals surface area contributed by atoms with Crippen LogP contribution in [0.5, 0.6) is 0 Å². The molecule has 3 rings (SSSR count). The van der Waals surface area contributed by atoms with E-state index in [0.29, 0.717) is 5.69 Å². The van der Waals surface area contributed by atoms with Gasteiger partial charge in [0.25, 0.3) is 0 Å². The average molecular weight is 332 g/mol. The first-order valence-electron chi connectivity index (χ1n) is 8.39. The zero-order chi connectivity index (χ0) is 17.5. The fourth-order valence-electron chi connectivity index (χ4n) is 2.88. The third kappa shape index (κ3) is 4.52. The summed E-state index contributed by atoms with van der Waals surface area (Å²) < 4.78 is 4.61. The van der Waals surface area contributed by atoms with E-state index in [4.69, 9.17) is 0 Å². The van der Waals surface area contributed by atoms with Crippen LogP contribution in [0, 0.1) is 0 Å². The molecule has 0 spiro atoms. The van der Waals surface area contributed by atoms with Crippen LogP contribution >= 0.6 is 0 Å². The van der Waals surface area contributed by atoms with E-state index >= 15 is 0 Å². The van der Waals surface area contributed by atoms with Crippen LogP contribution in [-0.4, -0.2) is 19.1 Å². The Bertz CT molecular complexity index is 862. The second kappa shape index (κ2) is 8.22. The highest BCUT2D eigenvalue weighted by molar-refractivity contribution is 5.88. The van der Waals surface area contributed by atoms with Gasteiger partial charge in [0.05, 0.1) is 18.5 Å². The van der Waals surface area contributed by atoms with Gasteiger partial charge in [-0.25, -0.2) is 4.79 Å². The average Bonchev–Trinajstić information content (AvgIpc) is 2.67. The highest BCUT2D eigenvalue weighted by Crippen LogP contribution is 2.25. The predicted molar refractivity (Wildman–Crippen MR) is 99.8 cm³/mol. The lowest BCUT2D eigenvalue weighted by Crippen LogP contribution is -2.01. The van der Waals surface area contributed by atoms with E-state index in [1.165, 1.54) is 37.2 Å². The molecule has 0 fully saturated rings. The standard InChI is InChI=1S/C21H20N2O2/c1-25-21(24)13-11-17-7-4-5-9-20(17)23-15-22-19-12-10-16-6-2-3-8-18(16)14-19/h4-5,7,9-14H,2-3,6,8H2,1H3/b13-11+. The number of aliphatic imine (C=N–C) groups is 2. The third-order valence-corrected chi connectivity index (χ3v) is 4.22. The summed E-state index contributed by atoms with van der Waals surface area (Å²) in [6.45, 7) is 0. The molecule has 2 aromatic rings. The number of esters is 1. The molecule has 1 aliphatic rings. The van der Waals surface area contributed by atoms with Gasteiger partial charge >= 0.3 is 5.97 Å². The Balaban J connectivity index is 1.81. The first kappa shape index (κ1) is 16.9. The minimum absolute atomic E-state index is 0.401. The number of benzene rings is 2. The van der Waals surface area contributed by atoms with E-state index < -0.39 is 5.97 Å². The summed E-state index contributed by atoms with van der Waals surface area (Å²) in [4.78, 5) is 19.9. The van der Waals surface area contributed by atoms with Crippen molar-refractivity contribution >= 4 is 29.4 Å². The summed E-state index contributed by atoms with van der Waals surface area (Å²) in [6, 6.07) is 16.6. The summed E-state index contributed by atoms with van der Waals surface area (Å²) in [5.74, 6) is -0.401. The second-order valence-electron chi connectivity index (χ2n) is 5.90. The third-order valence-electron chi connectivity index (χ3n) is 4.22. The van der Waals surface area contributed by atoms with Gasteiger partial charge in [-0.3, -0.25) is 0 Å². The summed E-state index contributed by atoms with van der Waals surface area (Å²) in [5, 5.41) is 0. The quantitative estimate of drug-likeness (QED) is 0.455. The molecule has 0 bridgehead atoms. The Morgan fingerprint density at radius 2 is 1.88 bits per heavy atom. The maximum atomic E-state index is 11.2. The number of ether oxygens (including phenoxy) is 1. The van der Waals surface area contributed by atoms with Crippen molar-refractivity contribution in [1.29, 1.82) is 0 Å². The first-order chi connectivity index (χ1) is 12.3. The maximum Gasteiger partial charge on any atom is 0.330 e. The van der Waals surface area contributed by atoms with E-state index in [2.05, 4.69) is 32.9 Å². The van der Waals surface area contributed by atoms with Gasteiger partial charge in [-0.05, 0) is 61.1 Å². The van der Waals surface area contributed by atoms with Crippen LogP contribution in [0.3, 0.4) is 0 Å². The molecule has 0 heterocycles. The topological polar surface area (TPSA) is 51.0 Å². The highest BCUT2D eigenvalue weighted by atomic mass is 16.5. The van der Waals surface area contributed by atoms with Crippen LogP contribution in [0.2, 0.25) is 0 Å². The van der Waals surface area contributed by atoms with Gasteiger partial charge in [0, 0.05) is 11.6 Å². The van der Waals surface area contributed by atoms with Crippen molar-refractivity contribution in [2.24, 2.45) is 9.98 Å². The van der Waals surface area contributed by atoms with Crippen LogP contribution < -0.4 is 0 Å². The SMILES string of the molecule is COC(=O)/C=C/c1ccccc1N=C=Nc1ccc2c(c1)CCCC2. The number of methoxy groups -OCH3 is 1. The lowest BCUT2D eigenvalue weighted by Gasteiger charge is -2.15. The van der Waals surface area contributed by atoms with Gasteiger partial charge in [0.2, 0.25) is 0 Å². The van der Waals surface area contributed by atoms with Gasteiger partial charge < -0.3 is 4.74 Å². The Kier molecular flexibility index (Phi) is 5.55. The van der Waals surface area contributed by atoms with Crippen molar-refractivity contribution in [3.8, 4) is 0 Å². The second-order valence-corrected chi connectivity index (χ2v) is 5.90. The molecule has 4 nitrogen and oxygen atoms in total. The number of fused-ring (bicyclic) bond motifs is 1. The molecule has 126 valence electrons. The van der Waals surface area contributed by atoms with Gasteiger partial charge in [0.1, 0.15) is 6.01 Å². The number of aryl methyl sites for hydroxylation is 2. The number of hydrogen-bond donors (Lipinski definition) is 0. The first-order valence-corrected chi connectivity index (χ1v) is 8.39. The molecule has 0 unspecified atom stereocenters. The highest BCUT2D eigenvalue weighted by Gasteiger charge is 2.08. The largest absolute Gasteiger partial charge is 0.466 e. The monoisotopic (exact) mass is 332 g/mol. The van der Waals surface area contributed by atoms with Gasteiger partial charge in [-0.2, -0.15) is 9.98 Å². The molecule has 0 radical (unpaired) electrons. The fourth-order valence-corrected chi connectivity index (χ4v) is 2.88. The molecule has 1 aliphatic carbocycles. The van der Waals surface area contributed by atoms with Crippen molar-refractivity contribution in [3.63, 3.8) is 0 Å². The van der Waals surface area contributed by atoms with Gasteiger partial charge in [-0.15, -0.1) is 0 Å². The van der Waals surface area contributed by atoms with Crippen molar-refractivity contribution in [2.45, 2.75) is 25.7 Å². The summed E-state index contributed by atoms with van der Waals surface area (Å²) in [5.41, 5.74) is 5.19. The van der Waals surface area contributed by atoms with Gasteiger partial charge in [0.15, 0.2) is 0 Å².